The molecule has 0 saturated carbocycles. The summed E-state index contributed by atoms with van der Waals surface area (Å²) in [6, 6.07) is 2.34. The predicted molar refractivity (Wildman–Crippen MR) is 61.5 cm³/mol. The van der Waals surface area contributed by atoms with Gasteiger partial charge in [-0.1, -0.05) is 0 Å². The van der Waals surface area contributed by atoms with Gasteiger partial charge in [0.15, 0.2) is 0 Å². The van der Waals surface area contributed by atoms with E-state index in [9.17, 15) is 19.3 Å². The van der Waals surface area contributed by atoms with Gasteiger partial charge in [-0.2, -0.15) is 0 Å². The van der Waals surface area contributed by atoms with Gasteiger partial charge in [-0.25, -0.2) is 4.39 Å². The van der Waals surface area contributed by atoms with E-state index in [0.717, 1.165) is 13.2 Å². The first kappa shape index (κ1) is 12.8. The third kappa shape index (κ3) is 2.87. The van der Waals surface area contributed by atoms with Crippen molar-refractivity contribution in [1.82, 2.24) is 0 Å². The number of methoxy groups -OCH3 is 1. The molecule has 0 heterocycles. The van der Waals surface area contributed by atoms with Crippen molar-refractivity contribution < 1.29 is 18.8 Å². The van der Waals surface area contributed by atoms with Crippen LogP contribution >= 0.6 is 22.6 Å². The maximum absolute atomic E-state index is 13.5. The number of benzene rings is 1. The number of rotatable bonds is 3. The first-order valence-electron chi connectivity index (χ1n) is 4.15. The fraction of sp³-hybridized carbons (Fsp3) is 0.222. The van der Waals surface area contributed by atoms with Crippen molar-refractivity contribution in [1.29, 1.82) is 0 Å². The third-order valence-corrected chi connectivity index (χ3v) is 2.50. The second kappa shape index (κ2) is 5.19. The van der Waals surface area contributed by atoms with Crippen molar-refractivity contribution in [2.45, 2.75) is 6.42 Å². The molecule has 1 aromatic rings. The number of hydrogen-bond acceptors (Lipinski definition) is 4. The molecule has 1 aromatic carbocycles. The highest BCUT2D eigenvalue weighted by Gasteiger charge is 2.22. The Kier molecular flexibility index (Phi) is 4.16. The van der Waals surface area contributed by atoms with Gasteiger partial charge >= 0.3 is 5.97 Å². The number of halogens is 2. The van der Waals surface area contributed by atoms with E-state index in [1.54, 1.807) is 22.6 Å². The Morgan fingerprint density at radius 3 is 2.75 bits per heavy atom. The van der Waals surface area contributed by atoms with E-state index in [1.807, 2.05) is 0 Å². The van der Waals surface area contributed by atoms with Crippen LogP contribution in [-0.4, -0.2) is 18.0 Å². The Bertz CT molecular complexity index is 449. The lowest BCUT2D eigenvalue weighted by Crippen LogP contribution is -2.09. The van der Waals surface area contributed by atoms with E-state index in [0.29, 0.717) is 3.57 Å². The van der Waals surface area contributed by atoms with Crippen LogP contribution in [0.1, 0.15) is 5.56 Å². The highest BCUT2D eigenvalue weighted by molar-refractivity contribution is 14.1. The van der Waals surface area contributed by atoms with E-state index in [-0.39, 0.29) is 5.56 Å². The van der Waals surface area contributed by atoms with Crippen molar-refractivity contribution >= 4 is 34.2 Å². The van der Waals surface area contributed by atoms with Gasteiger partial charge < -0.3 is 4.74 Å². The van der Waals surface area contributed by atoms with Gasteiger partial charge in [-0.15, -0.1) is 0 Å². The minimum atomic E-state index is -0.774. The zero-order valence-corrected chi connectivity index (χ0v) is 10.4. The fourth-order valence-electron chi connectivity index (χ4n) is 1.14. The molecule has 0 N–H and O–H groups in total. The summed E-state index contributed by atoms with van der Waals surface area (Å²) in [6.07, 6.45) is -0.449. The Hall–Kier alpha value is -1.25. The van der Waals surface area contributed by atoms with E-state index in [1.165, 1.54) is 6.07 Å². The van der Waals surface area contributed by atoms with Gasteiger partial charge in [-0.3, -0.25) is 14.9 Å². The van der Waals surface area contributed by atoms with Crippen LogP contribution in [0.4, 0.5) is 10.1 Å². The Balaban J connectivity index is 3.24. The van der Waals surface area contributed by atoms with Gasteiger partial charge in [0.1, 0.15) is 5.82 Å². The summed E-state index contributed by atoms with van der Waals surface area (Å²) in [4.78, 5) is 20.9. The van der Waals surface area contributed by atoms with Crippen LogP contribution in [0.25, 0.3) is 0 Å². The average molecular weight is 339 g/mol. The minimum absolute atomic E-state index is 0.253. The minimum Gasteiger partial charge on any atom is -0.469 e. The molecule has 0 atom stereocenters. The normalized spacial score (nSPS) is 9.94. The Morgan fingerprint density at radius 1 is 1.62 bits per heavy atom. The molecule has 0 aliphatic rings. The van der Waals surface area contributed by atoms with Gasteiger partial charge in [0, 0.05) is 9.64 Å². The third-order valence-electron chi connectivity index (χ3n) is 1.88. The number of carbonyl (C=O) groups excluding carboxylic acids is 1. The zero-order valence-electron chi connectivity index (χ0n) is 8.20. The fourth-order valence-corrected chi connectivity index (χ4v) is 1.71. The summed E-state index contributed by atoms with van der Waals surface area (Å²) >= 11 is 1.76. The predicted octanol–water partition coefficient (Wildman–Crippen LogP) is 2.05. The number of nitrogens with zero attached hydrogens (tertiary/aromatic N) is 1. The highest BCUT2D eigenvalue weighted by atomic mass is 127. The zero-order chi connectivity index (χ0) is 12.3. The van der Waals surface area contributed by atoms with E-state index >= 15 is 0 Å². The van der Waals surface area contributed by atoms with Crippen LogP contribution < -0.4 is 0 Å². The maximum Gasteiger partial charge on any atom is 0.310 e. The van der Waals surface area contributed by atoms with Crippen LogP contribution in [0.15, 0.2) is 12.1 Å². The van der Waals surface area contributed by atoms with Crippen molar-refractivity contribution in [2.24, 2.45) is 0 Å². The first-order valence-corrected chi connectivity index (χ1v) is 5.22. The lowest BCUT2D eigenvalue weighted by Gasteiger charge is -2.04. The molecular weight excluding hydrogens is 332 g/mol. The van der Waals surface area contributed by atoms with Gasteiger partial charge in [-0.05, 0) is 28.7 Å². The van der Waals surface area contributed by atoms with Crippen molar-refractivity contribution in [2.75, 3.05) is 7.11 Å². The molecule has 0 aromatic heterocycles. The SMILES string of the molecule is COC(=O)Cc1c(F)cc(I)cc1[N+](=O)[O-]. The molecule has 16 heavy (non-hydrogen) atoms. The Labute approximate surface area is 104 Å². The molecule has 0 aliphatic heterocycles. The van der Waals surface area contributed by atoms with Gasteiger partial charge in [0.05, 0.1) is 24.0 Å². The molecule has 0 aliphatic carbocycles. The number of ether oxygens (including phenoxy) is 1. The van der Waals surface area contributed by atoms with Crippen LogP contribution in [0, 0.1) is 19.5 Å². The number of hydrogen-bond donors (Lipinski definition) is 0. The number of carbonyl (C=O) groups is 1. The van der Waals surface area contributed by atoms with Crippen LogP contribution in [0.3, 0.4) is 0 Å². The van der Waals surface area contributed by atoms with Crippen molar-refractivity contribution in [3.8, 4) is 0 Å². The Morgan fingerprint density at radius 2 is 2.25 bits per heavy atom. The molecule has 5 nitrogen and oxygen atoms in total. The van der Waals surface area contributed by atoms with E-state index in [4.69, 9.17) is 0 Å². The number of nitro groups is 1. The molecule has 7 heteroatoms. The molecule has 0 saturated heterocycles. The standard InChI is InChI=1S/C9H7FINO4/c1-16-9(13)4-6-7(10)2-5(11)3-8(6)12(14)15/h2-3H,4H2,1H3. The summed E-state index contributed by atoms with van der Waals surface area (Å²) in [6.45, 7) is 0. The molecular formula is C9H7FINO4. The van der Waals surface area contributed by atoms with Crippen LogP contribution in [0.2, 0.25) is 0 Å². The lowest BCUT2D eigenvalue weighted by molar-refractivity contribution is -0.385. The average Bonchev–Trinajstić information content (AvgIpc) is 2.20. The monoisotopic (exact) mass is 339 g/mol. The second-order valence-electron chi connectivity index (χ2n) is 2.90. The highest BCUT2D eigenvalue weighted by Crippen LogP contribution is 2.25. The molecule has 1 rings (SSSR count). The van der Waals surface area contributed by atoms with Gasteiger partial charge in [0.2, 0.25) is 0 Å². The molecule has 86 valence electrons. The molecule has 0 fully saturated rings. The first-order chi connectivity index (χ1) is 7.45. The maximum atomic E-state index is 13.5. The quantitative estimate of drug-likeness (QED) is 0.366. The topological polar surface area (TPSA) is 69.4 Å². The molecule has 0 unspecified atom stereocenters. The molecule has 0 radical (unpaired) electrons. The lowest BCUT2D eigenvalue weighted by atomic mass is 10.1. The second-order valence-corrected chi connectivity index (χ2v) is 4.14. The van der Waals surface area contributed by atoms with Crippen molar-refractivity contribution in [3.05, 3.63) is 37.2 Å². The van der Waals surface area contributed by atoms with Gasteiger partial charge in [0.25, 0.3) is 5.69 Å². The van der Waals surface area contributed by atoms with Crippen LogP contribution in [0.5, 0.6) is 0 Å². The van der Waals surface area contributed by atoms with E-state index < -0.39 is 28.8 Å². The van der Waals surface area contributed by atoms with Crippen LogP contribution in [-0.2, 0) is 16.0 Å². The van der Waals surface area contributed by atoms with Crippen molar-refractivity contribution in [3.63, 3.8) is 0 Å². The summed E-state index contributed by atoms with van der Waals surface area (Å²) in [5.41, 5.74) is -0.660. The van der Waals surface area contributed by atoms with E-state index in [2.05, 4.69) is 4.74 Å². The molecule has 0 amide bonds. The smallest absolute Gasteiger partial charge is 0.310 e. The summed E-state index contributed by atoms with van der Waals surface area (Å²) in [5, 5.41) is 10.7. The largest absolute Gasteiger partial charge is 0.469 e. The summed E-state index contributed by atoms with van der Waals surface area (Å²) in [7, 11) is 1.14. The molecule has 0 bridgehead atoms. The summed E-state index contributed by atoms with van der Waals surface area (Å²) < 4.78 is 18.2. The molecule has 0 spiro atoms. The number of esters is 1. The summed E-state index contributed by atoms with van der Waals surface area (Å²) in [5.74, 6) is -1.49. The number of nitro benzene ring substituents is 1.